The number of rotatable bonds is 3. The van der Waals surface area contributed by atoms with Crippen LogP contribution in [-0.2, 0) is 6.42 Å². The average Bonchev–Trinajstić information content (AvgIpc) is 2.50. The lowest BCUT2D eigenvalue weighted by Gasteiger charge is -2.12. The van der Waals surface area contributed by atoms with Gasteiger partial charge in [0, 0.05) is 4.47 Å². The minimum Gasteiger partial charge on any atom is -0.117 e. The largest absolute Gasteiger partial charge is 0.117 e. The molecule has 0 aliphatic heterocycles. The first-order valence-electron chi connectivity index (χ1n) is 7.01. The Bertz CT molecular complexity index is 779. The molecule has 0 heterocycles. The van der Waals surface area contributed by atoms with Crippen LogP contribution in [0.4, 0.5) is 0 Å². The Morgan fingerprint density at radius 1 is 0.952 bits per heavy atom. The van der Waals surface area contributed by atoms with Gasteiger partial charge in [0.05, 0.1) is 5.38 Å². The van der Waals surface area contributed by atoms with E-state index in [-0.39, 0.29) is 5.38 Å². The van der Waals surface area contributed by atoms with E-state index in [0.717, 1.165) is 16.5 Å². The zero-order valence-corrected chi connectivity index (χ0v) is 14.2. The van der Waals surface area contributed by atoms with Crippen LogP contribution in [-0.4, -0.2) is 0 Å². The summed E-state index contributed by atoms with van der Waals surface area (Å²) in [6.45, 7) is 2.08. The van der Waals surface area contributed by atoms with Crippen molar-refractivity contribution in [1.82, 2.24) is 0 Å². The first-order valence-corrected chi connectivity index (χ1v) is 8.24. The Morgan fingerprint density at radius 2 is 1.71 bits per heavy atom. The predicted molar refractivity (Wildman–Crippen MR) is 95.1 cm³/mol. The van der Waals surface area contributed by atoms with Gasteiger partial charge in [-0.1, -0.05) is 70.5 Å². The van der Waals surface area contributed by atoms with Crippen LogP contribution < -0.4 is 0 Å². The molecule has 2 heteroatoms. The molecule has 0 nitrogen and oxygen atoms in total. The van der Waals surface area contributed by atoms with E-state index >= 15 is 0 Å². The fourth-order valence-electron chi connectivity index (χ4n) is 2.49. The lowest BCUT2D eigenvalue weighted by Crippen LogP contribution is -1.96. The Labute approximate surface area is 138 Å². The monoisotopic (exact) mass is 358 g/mol. The van der Waals surface area contributed by atoms with Crippen LogP contribution in [0.1, 0.15) is 22.1 Å². The van der Waals surface area contributed by atoms with Gasteiger partial charge >= 0.3 is 0 Å². The number of hydrogen-bond acceptors (Lipinski definition) is 0. The molecule has 1 atom stereocenters. The van der Waals surface area contributed by atoms with Crippen LogP contribution in [0, 0.1) is 6.92 Å². The maximum Gasteiger partial charge on any atom is 0.0625 e. The molecule has 0 N–H and O–H groups in total. The summed E-state index contributed by atoms with van der Waals surface area (Å²) in [5.41, 5.74) is 3.65. The van der Waals surface area contributed by atoms with Gasteiger partial charge in [0.25, 0.3) is 0 Å². The maximum atomic E-state index is 6.60. The summed E-state index contributed by atoms with van der Waals surface area (Å²) in [5.74, 6) is 0. The van der Waals surface area contributed by atoms with Crippen molar-refractivity contribution < 1.29 is 0 Å². The molecule has 0 radical (unpaired) electrons. The average molecular weight is 360 g/mol. The molecule has 106 valence electrons. The molecule has 0 aliphatic carbocycles. The second kappa shape index (κ2) is 6.21. The Hall–Kier alpha value is -1.31. The van der Waals surface area contributed by atoms with Gasteiger partial charge in [-0.15, -0.1) is 11.6 Å². The molecule has 1 unspecified atom stereocenters. The Kier molecular flexibility index (Phi) is 4.32. The van der Waals surface area contributed by atoms with Gasteiger partial charge in [-0.2, -0.15) is 0 Å². The lowest BCUT2D eigenvalue weighted by atomic mass is 10.0. The molecule has 0 fully saturated rings. The molecule has 3 aromatic rings. The fraction of sp³-hybridized carbons (Fsp3) is 0.158. The quantitative estimate of drug-likeness (QED) is 0.472. The molecule has 0 amide bonds. The summed E-state index contributed by atoms with van der Waals surface area (Å²) in [4.78, 5) is 0. The predicted octanol–water partition coefficient (Wildman–Crippen LogP) is 6.43. The summed E-state index contributed by atoms with van der Waals surface area (Å²) in [7, 11) is 0. The second-order valence-electron chi connectivity index (χ2n) is 5.36. The van der Waals surface area contributed by atoms with Crippen LogP contribution in [0.5, 0.6) is 0 Å². The highest BCUT2D eigenvalue weighted by molar-refractivity contribution is 9.10. The molecular weight excluding hydrogens is 344 g/mol. The van der Waals surface area contributed by atoms with E-state index in [0.29, 0.717) is 0 Å². The van der Waals surface area contributed by atoms with Gasteiger partial charge in [-0.05, 0) is 46.9 Å². The minimum atomic E-state index is -0.0111. The third-order valence-electron chi connectivity index (χ3n) is 3.79. The molecule has 0 saturated heterocycles. The van der Waals surface area contributed by atoms with Gasteiger partial charge in [-0.25, -0.2) is 0 Å². The summed E-state index contributed by atoms with van der Waals surface area (Å²) in [5, 5.41) is 2.53. The van der Waals surface area contributed by atoms with Crippen LogP contribution in [0.15, 0.2) is 65.1 Å². The van der Waals surface area contributed by atoms with Gasteiger partial charge in [0.1, 0.15) is 0 Å². The number of alkyl halides is 1. The first-order chi connectivity index (χ1) is 10.1. The topological polar surface area (TPSA) is 0 Å². The summed E-state index contributed by atoms with van der Waals surface area (Å²) in [6.07, 6.45) is 0.835. The van der Waals surface area contributed by atoms with E-state index < -0.39 is 0 Å². The highest BCUT2D eigenvalue weighted by Crippen LogP contribution is 2.29. The van der Waals surface area contributed by atoms with Gasteiger partial charge in [0.2, 0.25) is 0 Å². The number of benzene rings is 3. The number of fused-ring (bicyclic) bond motifs is 1. The summed E-state index contributed by atoms with van der Waals surface area (Å²) in [6, 6.07) is 21.3. The zero-order chi connectivity index (χ0) is 14.8. The summed E-state index contributed by atoms with van der Waals surface area (Å²) < 4.78 is 1.11. The fourth-order valence-corrected chi connectivity index (χ4v) is 3.20. The SMILES string of the molecule is Cc1ccc(C(Cl)Cc2ccc3ccccc3c2)cc1Br. The Morgan fingerprint density at radius 3 is 2.48 bits per heavy atom. The third-order valence-corrected chi connectivity index (χ3v) is 5.05. The van der Waals surface area contributed by atoms with Gasteiger partial charge in [-0.3, -0.25) is 0 Å². The van der Waals surface area contributed by atoms with Crippen LogP contribution in [0.3, 0.4) is 0 Å². The molecule has 0 saturated carbocycles. The number of halogens is 2. The van der Waals surface area contributed by atoms with E-state index in [1.54, 1.807) is 0 Å². The van der Waals surface area contributed by atoms with Crippen molar-refractivity contribution in [2.75, 3.05) is 0 Å². The van der Waals surface area contributed by atoms with Crippen molar-refractivity contribution in [3.63, 3.8) is 0 Å². The van der Waals surface area contributed by atoms with E-state index in [1.807, 2.05) is 0 Å². The van der Waals surface area contributed by atoms with Crippen LogP contribution >= 0.6 is 27.5 Å². The smallest absolute Gasteiger partial charge is 0.0625 e. The van der Waals surface area contributed by atoms with Crippen molar-refractivity contribution in [2.24, 2.45) is 0 Å². The van der Waals surface area contributed by atoms with E-state index in [2.05, 4.69) is 83.5 Å². The molecule has 0 aliphatic rings. The van der Waals surface area contributed by atoms with Gasteiger partial charge in [0.15, 0.2) is 0 Å². The maximum absolute atomic E-state index is 6.60. The van der Waals surface area contributed by atoms with Crippen LogP contribution in [0.2, 0.25) is 0 Å². The van der Waals surface area contributed by atoms with Crippen molar-refractivity contribution >= 4 is 38.3 Å². The van der Waals surface area contributed by atoms with E-state index in [4.69, 9.17) is 11.6 Å². The molecule has 3 aromatic carbocycles. The Balaban J connectivity index is 1.85. The normalized spacial score (nSPS) is 12.5. The molecule has 0 bridgehead atoms. The third kappa shape index (κ3) is 3.30. The van der Waals surface area contributed by atoms with E-state index in [9.17, 15) is 0 Å². The summed E-state index contributed by atoms with van der Waals surface area (Å²) >= 11 is 10.2. The van der Waals surface area contributed by atoms with Crippen LogP contribution in [0.25, 0.3) is 10.8 Å². The molecular formula is C19H16BrCl. The van der Waals surface area contributed by atoms with Gasteiger partial charge < -0.3 is 0 Å². The van der Waals surface area contributed by atoms with Crippen molar-refractivity contribution in [1.29, 1.82) is 0 Å². The zero-order valence-electron chi connectivity index (χ0n) is 11.8. The lowest BCUT2D eigenvalue weighted by molar-refractivity contribution is 0.919. The highest BCUT2D eigenvalue weighted by Gasteiger charge is 2.10. The minimum absolute atomic E-state index is 0.0111. The van der Waals surface area contributed by atoms with Crippen molar-refractivity contribution in [3.05, 3.63) is 81.8 Å². The highest BCUT2D eigenvalue weighted by atomic mass is 79.9. The number of hydrogen-bond donors (Lipinski definition) is 0. The van der Waals surface area contributed by atoms with Crippen molar-refractivity contribution in [3.8, 4) is 0 Å². The standard InChI is InChI=1S/C19H16BrCl/c1-13-6-8-17(12-18(13)20)19(21)11-14-7-9-15-4-2-3-5-16(15)10-14/h2-10,12,19H,11H2,1H3. The number of aryl methyl sites for hydroxylation is 1. The first kappa shape index (κ1) is 14.6. The molecule has 3 rings (SSSR count). The molecule has 21 heavy (non-hydrogen) atoms. The van der Waals surface area contributed by atoms with Crippen molar-refractivity contribution in [2.45, 2.75) is 18.7 Å². The molecule has 0 aromatic heterocycles. The van der Waals surface area contributed by atoms with E-state index in [1.165, 1.54) is 21.9 Å². The second-order valence-corrected chi connectivity index (χ2v) is 6.74. The molecule has 0 spiro atoms.